The molecule has 11 rings (SSSR count). The average Bonchev–Trinajstić information content (AvgIpc) is 1.60. The van der Waals surface area contributed by atoms with Crippen LogP contribution < -0.4 is 9.80 Å². The first-order chi connectivity index (χ1) is 58.3. The first-order valence-corrected chi connectivity index (χ1v) is 38.9. The van der Waals surface area contributed by atoms with Crippen molar-refractivity contribution in [2.45, 2.75) is 78.4 Å². The molecule has 0 bridgehead atoms. The summed E-state index contributed by atoms with van der Waals surface area (Å²) in [6, 6.07) is 66.0. The molecule has 0 fully saturated rings. The molecule has 18 heteroatoms. The molecule has 7 aromatic rings. The van der Waals surface area contributed by atoms with Crippen molar-refractivity contribution in [3.8, 4) is 67.0 Å². The zero-order valence-corrected chi connectivity index (χ0v) is 68.2. The van der Waals surface area contributed by atoms with Gasteiger partial charge in [-0.2, -0.15) is 31.6 Å². The zero-order chi connectivity index (χ0) is 87.1. The Labute approximate surface area is 708 Å². The van der Waals surface area contributed by atoms with Gasteiger partial charge < -0.3 is 39.0 Å². The van der Waals surface area contributed by atoms with Crippen LogP contribution in [0.4, 0.5) is 11.4 Å². The van der Waals surface area contributed by atoms with Gasteiger partial charge in [0.1, 0.15) is 60.8 Å². The van der Waals surface area contributed by atoms with Crippen LogP contribution in [0.5, 0.6) is 0 Å². The van der Waals surface area contributed by atoms with Crippen LogP contribution in [0, 0.1) is 116 Å². The minimum atomic E-state index is -1.09. The van der Waals surface area contributed by atoms with Crippen LogP contribution in [0.1, 0.15) is 137 Å². The molecule has 0 saturated carbocycles. The number of aliphatic hydroxyl groups is 2. The van der Waals surface area contributed by atoms with Crippen LogP contribution in [0.15, 0.2) is 310 Å². The maximum atomic E-state index is 12.8. The molecule has 3 N–H and O–H groups in total. The molecule has 2 unspecified atom stereocenters. The number of hydrogen-bond acceptors (Lipinski definition) is 17. The standard InChI is InChI=1S/C56H46N4O5.C38H38N4O3.C9H4O2/c1-6-40-18-24-45(25-19-40)53(61)63-32-30-60(31-33-64-54(62)46-26-20-41(7-2)21-27-46)49-28-22-42(23-29-49)16-17-44-34-43(35-55(3,4)36-44)12-11-15-51-50(39-59)52(47(37-57)38-58)65-56(51,5)48-13-9-8-10-14-48;1-37(2)23-29(22-30(24-37)13-12-28-14-16-33(17-15-28)42(18-20-43)19-21-44)8-7-11-35-34(27-41)36(31(25-39)26-40)45-38(35,3)32-9-5-4-6-10-32;1-2-7-3-5-8(6-4-7)9(10)11/h1-2,8-29,34H,30-33,35-36H2,3-5H3;4-17,22,43-44H,18-21,23-24H2,1-3H3;3-6H/p+1/b15-11+,17-16+,43-12-;11-7+,13-12+,29-8-;. The number of allylic oxidation sites excluding steroid dienone is 16. The summed E-state index contributed by atoms with van der Waals surface area (Å²) in [4.78, 5) is 39.9. The van der Waals surface area contributed by atoms with Crippen molar-refractivity contribution < 1.29 is 48.7 Å². The van der Waals surface area contributed by atoms with Crippen molar-refractivity contribution in [2.24, 2.45) is 10.8 Å². The predicted molar refractivity (Wildman–Crippen MR) is 467 cm³/mol. The number of aliphatic hydroxyl groups excluding tert-OH is 2. The summed E-state index contributed by atoms with van der Waals surface area (Å²) in [5, 5.41) is 85.8. The number of carboxylic acids is 1. The van der Waals surface area contributed by atoms with E-state index in [1.165, 1.54) is 29.8 Å². The Hall–Kier alpha value is -15.2. The Bertz CT molecular complexity index is 5700. The first kappa shape index (κ1) is 89.7. The van der Waals surface area contributed by atoms with Gasteiger partial charge in [-0.25, -0.2) is 9.59 Å². The Kier molecular flexibility index (Phi) is 31.6. The Morgan fingerprint density at radius 2 is 0.818 bits per heavy atom. The number of benzene rings is 7. The number of nitriles is 6. The predicted octanol–water partition coefficient (Wildman–Crippen LogP) is 18.6. The Balaban J connectivity index is 0.000000256. The van der Waals surface area contributed by atoms with E-state index in [0.717, 1.165) is 76.0 Å². The van der Waals surface area contributed by atoms with Gasteiger partial charge in [0, 0.05) is 46.7 Å². The molecule has 2 heterocycles. The molecule has 2 aliphatic carbocycles. The van der Waals surface area contributed by atoms with Crippen molar-refractivity contribution in [1.82, 2.24) is 0 Å². The molecule has 0 spiro atoms. The van der Waals surface area contributed by atoms with Gasteiger partial charge in [-0.15, -0.1) is 12.8 Å². The van der Waals surface area contributed by atoms with Crippen molar-refractivity contribution >= 4 is 41.4 Å². The number of carbonyl (C=O) groups is 3. The van der Waals surface area contributed by atoms with Gasteiger partial charge >= 0.3 is 75.5 Å². The summed E-state index contributed by atoms with van der Waals surface area (Å²) in [6.07, 6.45) is 45.5. The van der Waals surface area contributed by atoms with E-state index in [1.807, 2.05) is 194 Å². The third-order valence-electron chi connectivity index (χ3n) is 20.3. The summed E-state index contributed by atoms with van der Waals surface area (Å²) in [5.74, 6) is 5.32. The van der Waals surface area contributed by atoms with E-state index in [0.29, 0.717) is 65.1 Å². The first-order valence-electron chi connectivity index (χ1n) is 38.9. The molecule has 2 aliphatic heterocycles. The second-order valence-electron chi connectivity index (χ2n) is 30.3. The Morgan fingerprint density at radius 3 is 1.15 bits per heavy atom. The number of nitrogens with zero attached hydrogens (tertiary/aromatic N) is 8. The SMILES string of the molecule is C#Cc1ccc(C(=O)OCCN(CCOC(=O)c2ccc(C#C)cc2)c2ccc(/C=C/C3=CC(=C/C=C/C4=C(C#N)C(=C(C#N)C#N)OC4(C)c4ccccc4)/CC(C)(C)C3)cc2)cc1.CC1(C)CC(/C=C/c2ccc(N(CCO)CCO)cc2)=CC(=C/C=C/C2=C(C#N)C(=C(C#N)C#N)OC2(C)c2ccccc2)/C1.[C+]#Cc1ccc(C(=O)O)cc1. The number of anilines is 2. The van der Waals surface area contributed by atoms with Crippen LogP contribution in [0.2, 0.25) is 0 Å². The molecule has 0 aromatic heterocycles. The van der Waals surface area contributed by atoms with E-state index < -0.39 is 29.1 Å². The van der Waals surface area contributed by atoms with E-state index in [9.17, 15) is 56.2 Å². The normalized spacial score (nSPS) is 17.4. The zero-order valence-electron chi connectivity index (χ0n) is 68.2. The van der Waals surface area contributed by atoms with E-state index in [1.54, 1.807) is 48.5 Å². The number of carbonyl (C=O) groups excluding carboxylic acids is 2. The summed E-state index contributed by atoms with van der Waals surface area (Å²) in [6.45, 7) is 14.5. The van der Waals surface area contributed by atoms with Gasteiger partial charge in [0.25, 0.3) is 0 Å². The van der Waals surface area contributed by atoms with Crippen LogP contribution in [-0.4, -0.2) is 85.8 Å². The second-order valence-corrected chi connectivity index (χ2v) is 30.3. The minimum absolute atomic E-state index is 0.00908. The van der Waals surface area contributed by atoms with E-state index in [4.69, 9.17) is 43.3 Å². The van der Waals surface area contributed by atoms with E-state index in [-0.39, 0.29) is 76.6 Å². The molecule has 4 aliphatic rings. The molecule has 121 heavy (non-hydrogen) atoms. The maximum absolute atomic E-state index is 12.8. The van der Waals surface area contributed by atoms with E-state index in [2.05, 4.69) is 94.1 Å². The second kappa shape index (κ2) is 42.6. The summed E-state index contributed by atoms with van der Waals surface area (Å²) >= 11 is 0. The fourth-order valence-electron chi connectivity index (χ4n) is 14.3. The third-order valence-corrected chi connectivity index (χ3v) is 20.3. The monoisotopic (exact) mass is 1600 g/mol. The van der Waals surface area contributed by atoms with Crippen molar-refractivity contribution in [3.05, 3.63) is 372 Å². The number of esters is 2. The molecular weight excluding hydrogens is 1510 g/mol. The van der Waals surface area contributed by atoms with Crippen LogP contribution in [-0.2, 0) is 30.1 Å². The molecule has 18 nitrogen and oxygen atoms in total. The number of aromatic carboxylic acids is 1. The van der Waals surface area contributed by atoms with Gasteiger partial charge in [0.2, 0.25) is 0 Å². The van der Waals surface area contributed by atoms with Gasteiger partial charge in [0.15, 0.2) is 33.9 Å². The number of rotatable bonds is 25. The molecular formula is C103H89N8O10+. The quantitative estimate of drug-likeness (QED) is 0.0207. The molecule has 0 radical (unpaired) electrons. The topological polar surface area (TPSA) is 298 Å². The van der Waals surface area contributed by atoms with E-state index >= 15 is 0 Å². The molecule has 7 aromatic carbocycles. The van der Waals surface area contributed by atoms with Gasteiger partial charge in [-0.1, -0.05) is 197 Å². The van der Waals surface area contributed by atoms with Crippen LogP contribution in [0.25, 0.3) is 12.2 Å². The fourth-order valence-corrected chi connectivity index (χ4v) is 14.3. The summed E-state index contributed by atoms with van der Waals surface area (Å²) in [5.41, 5.74) is 11.8. The van der Waals surface area contributed by atoms with Crippen molar-refractivity contribution in [3.63, 3.8) is 0 Å². The number of hydrogen-bond donors (Lipinski definition) is 3. The number of carboxylic acid groups (broad SMARTS) is 1. The van der Waals surface area contributed by atoms with Gasteiger partial charge in [-0.05, 0) is 168 Å². The average molecular weight is 1600 g/mol. The summed E-state index contributed by atoms with van der Waals surface area (Å²) < 4.78 is 23.7. The molecule has 600 valence electrons. The summed E-state index contributed by atoms with van der Waals surface area (Å²) in [7, 11) is 0. The van der Waals surface area contributed by atoms with Gasteiger partial charge in [-0.3, -0.25) is 0 Å². The van der Waals surface area contributed by atoms with Crippen LogP contribution >= 0.6 is 0 Å². The molecule has 0 amide bonds. The fraction of sp³-hybridized carbons (Fsp3) is 0.214. The van der Waals surface area contributed by atoms with Gasteiger partial charge in [0.05, 0.1) is 37.4 Å². The number of ether oxygens (including phenoxy) is 4. The van der Waals surface area contributed by atoms with Crippen molar-refractivity contribution in [1.29, 1.82) is 31.6 Å². The van der Waals surface area contributed by atoms with Crippen LogP contribution in [0.3, 0.4) is 0 Å². The van der Waals surface area contributed by atoms with Crippen molar-refractivity contribution in [2.75, 3.05) is 62.4 Å². The molecule has 2 atom stereocenters. The number of terminal acetylenes is 2. The Morgan fingerprint density at radius 1 is 0.463 bits per heavy atom. The molecule has 0 saturated heterocycles. The third kappa shape index (κ3) is 24.0.